The van der Waals surface area contributed by atoms with E-state index in [0.29, 0.717) is 6.42 Å². The molecule has 0 spiro atoms. The van der Waals surface area contributed by atoms with Crippen LogP contribution in [0.2, 0.25) is 0 Å². The quantitative estimate of drug-likeness (QED) is 0.873. The summed E-state index contributed by atoms with van der Waals surface area (Å²) in [5.74, 6) is 0. The number of benzene rings is 1. The zero-order valence-electron chi connectivity index (χ0n) is 10.5. The molecule has 2 aromatic rings. The van der Waals surface area contributed by atoms with Crippen LogP contribution in [0.4, 0.5) is 0 Å². The Morgan fingerprint density at radius 1 is 1.18 bits per heavy atom. The van der Waals surface area contributed by atoms with Crippen molar-refractivity contribution >= 4 is 11.3 Å². The summed E-state index contributed by atoms with van der Waals surface area (Å²) < 4.78 is 0. The molecule has 0 saturated heterocycles. The van der Waals surface area contributed by atoms with Gasteiger partial charge in [-0.1, -0.05) is 35.4 Å². The Hall–Kier alpha value is -1.12. The van der Waals surface area contributed by atoms with Crippen molar-refractivity contribution in [2.45, 2.75) is 32.8 Å². The minimum Gasteiger partial charge on any atom is -0.385 e. The van der Waals surface area contributed by atoms with E-state index in [1.165, 1.54) is 16.0 Å². The van der Waals surface area contributed by atoms with E-state index in [1.54, 1.807) is 11.3 Å². The maximum absolute atomic E-state index is 10.6. The van der Waals surface area contributed by atoms with Crippen LogP contribution in [0.15, 0.2) is 35.7 Å². The van der Waals surface area contributed by atoms with Crippen molar-refractivity contribution < 1.29 is 5.11 Å². The molecular formula is C15H18OS. The molecule has 1 aromatic heterocycles. The molecule has 90 valence electrons. The van der Waals surface area contributed by atoms with Gasteiger partial charge in [0.05, 0.1) is 5.60 Å². The van der Waals surface area contributed by atoms with Crippen molar-refractivity contribution in [3.05, 3.63) is 57.3 Å². The Kier molecular flexibility index (Phi) is 3.36. The number of aryl methyl sites for hydroxylation is 2. The highest BCUT2D eigenvalue weighted by Gasteiger charge is 2.24. The molecular weight excluding hydrogens is 228 g/mol. The molecule has 17 heavy (non-hydrogen) atoms. The molecule has 0 radical (unpaired) electrons. The van der Waals surface area contributed by atoms with E-state index in [2.05, 4.69) is 38.1 Å². The summed E-state index contributed by atoms with van der Waals surface area (Å²) in [6, 6.07) is 10.4. The lowest BCUT2D eigenvalue weighted by molar-refractivity contribution is 0.0583. The second-order valence-electron chi connectivity index (χ2n) is 4.91. The molecule has 1 nitrogen and oxygen atoms in total. The summed E-state index contributed by atoms with van der Waals surface area (Å²) in [6.45, 7) is 6.02. The largest absolute Gasteiger partial charge is 0.385 e. The van der Waals surface area contributed by atoms with E-state index in [9.17, 15) is 5.11 Å². The highest BCUT2D eigenvalue weighted by molar-refractivity contribution is 7.09. The average Bonchev–Trinajstić information content (AvgIpc) is 2.68. The lowest BCUT2D eigenvalue weighted by Crippen LogP contribution is -2.24. The van der Waals surface area contributed by atoms with Gasteiger partial charge in [-0.25, -0.2) is 0 Å². The molecule has 0 aliphatic carbocycles. The molecule has 0 saturated carbocycles. The first-order valence-electron chi connectivity index (χ1n) is 5.81. The Morgan fingerprint density at radius 2 is 1.82 bits per heavy atom. The van der Waals surface area contributed by atoms with Gasteiger partial charge in [-0.05, 0) is 37.8 Å². The lowest BCUT2D eigenvalue weighted by Gasteiger charge is -2.24. The molecule has 0 fully saturated rings. The van der Waals surface area contributed by atoms with Crippen LogP contribution in [0.3, 0.4) is 0 Å². The average molecular weight is 246 g/mol. The molecule has 1 aromatic carbocycles. The third-order valence-electron chi connectivity index (χ3n) is 2.94. The fourth-order valence-corrected chi connectivity index (χ4v) is 2.99. The highest BCUT2D eigenvalue weighted by atomic mass is 32.1. The maximum Gasteiger partial charge on any atom is 0.0916 e. The fraction of sp³-hybridized carbons (Fsp3) is 0.333. The van der Waals surface area contributed by atoms with Gasteiger partial charge in [0, 0.05) is 11.3 Å². The van der Waals surface area contributed by atoms with Gasteiger partial charge in [0.1, 0.15) is 0 Å². The van der Waals surface area contributed by atoms with Crippen LogP contribution in [-0.2, 0) is 12.0 Å². The molecule has 0 bridgehead atoms. The second-order valence-corrected chi connectivity index (χ2v) is 5.94. The van der Waals surface area contributed by atoms with Crippen molar-refractivity contribution in [2.24, 2.45) is 0 Å². The standard InChI is InChI=1S/C15H18OS/c1-11-7-12(2)9-13(8-11)15(3,16)10-14-5-4-6-17-14/h4-9,16H,10H2,1-3H3. The summed E-state index contributed by atoms with van der Waals surface area (Å²) in [7, 11) is 0. The van der Waals surface area contributed by atoms with E-state index in [1.807, 2.05) is 18.4 Å². The second kappa shape index (κ2) is 4.63. The number of hydrogen-bond acceptors (Lipinski definition) is 2. The van der Waals surface area contributed by atoms with Gasteiger partial charge in [-0.3, -0.25) is 0 Å². The van der Waals surface area contributed by atoms with Crippen LogP contribution >= 0.6 is 11.3 Å². The van der Waals surface area contributed by atoms with Crippen molar-refractivity contribution in [3.63, 3.8) is 0 Å². The monoisotopic (exact) mass is 246 g/mol. The Bertz CT molecular complexity index is 477. The predicted octanol–water partition coefficient (Wildman–Crippen LogP) is 3.82. The lowest BCUT2D eigenvalue weighted by atomic mass is 9.89. The molecule has 1 atom stereocenters. The van der Waals surface area contributed by atoms with Crippen molar-refractivity contribution in [1.82, 2.24) is 0 Å². The van der Waals surface area contributed by atoms with Gasteiger partial charge in [0.15, 0.2) is 0 Å². The number of rotatable bonds is 3. The van der Waals surface area contributed by atoms with E-state index in [4.69, 9.17) is 0 Å². The fourth-order valence-electron chi connectivity index (χ4n) is 2.14. The highest BCUT2D eigenvalue weighted by Crippen LogP contribution is 2.28. The van der Waals surface area contributed by atoms with Crippen molar-refractivity contribution in [2.75, 3.05) is 0 Å². The summed E-state index contributed by atoms with van der Waals surface area (Å²) in [6.07, 6.45) is 0.674. The van der Waals surface area contributed by atoms with Gasteiger partial charge < -0.3 is 5.11 Å². The first-order valence-corrected chi connectivity index (χ1v) is 6.69. The van der Waals surface area contributed by atoms with E-state index >= 15 is 0 Å². The number of aliphatic hydroxyl groups is 1. The zero-order valence-corrected chi connectivity index (χ0v) is 11.3. The van der Waals surface area contributed by atoms with Gasteiger partial charge in [-0.15, -0.1) is 11.3 Å². The molecule has 1 unspecified atom stereocenters. The summed E-state index contributed by atoms with van der Waals surface area (Å²) >= 11 is 1.69. The molecule has 0 aliphatic heterocycles. The Morgan fingerprint density at radius 3 is 2.35 bits per heavy atom. The van der Waals surface area contributed by atoms with Gasteiger partial charge >= 0.3 is 0 Å². The molecule has 2 rings (SSSR count). The van der Waals surface area contributed by atoms with E-state index < -0.39 is 5.60 Å². The third kappa shape index (κ3) is 2.96. The van der Waals surface area contributed by atoms with Crippen molar-refractivity contribution in [1.29, 1.82) is 0 Å². The SMILES string of the molecule is Cc1cc(C)cc(C(C)(O)Cc2cccs2)c1. The topological polar surface area (TPSA) is 20.2 Å². The van der Waals surface area contributed by atoms with Crippen LogP contribution in [0.25, 0.3) is 0 Å². The van der Waals surface area contributed by atoms with Gasteiger partial charge in [0.25, 0.3) is 0 Å². The zero-order chi connectivity index (χ0) is 12.5. The predicted molar refractivity (Wildman–Crippen MR) is 73.5 cm³/mol. The summed E-state index contributed by atoms with van der Waals surface area (Å²) in [5, 5.41) is 12.7. The van der Waals surface area contributed by atoms with Crippen LogP contribution in [0.1, 0.15) is 28.5 Å². The molecule has 0 amide bonds. The summed E-state index contributed by atoms with van der Waals surface area (Å²) in [4.78, 5) is 1.22. The van der Waals surface area contributed by atoms with Crippen molar-refractivity contribution in [3.8, 4) is 0 Å². The van der Waals surface area contributed by atoms with Gasteiger partial charge in [-0.2, -0.15) is 0 Å². The normalized spacial score (nSPS) is 14.6. The van der Waals surface area contributed by atoms with Crippen LogP contribution in [0, 0.1) is 13.8 Å². The number of thiophene rings is 1. The molecule has 2 heteroatoms. The van der Waals surface area contributed by atoms with Crippen LogP contribution in [0.5, 0.6) is 0 Å². The first-order chi connectivity index (χ1) is 7.97. The summed E-state index contributed by atoms with van der Waals surface area (Å²) in [5.41, 5.74) is 2.61. The maximum atomic E-state index is 10.6. The Labute approximate surface area is 107 Å². The molecule has 1 heterocycles. The van der Waals surface area contributed by atoms with E-state index in [0.717, 1.165) is 5.56 Å². The van der Waals surface area contributed by atoms with Crippen LogP contribution in [-0.4, -0.2) is 5.11 Å². The van der Waals surface area contributed by atoms with Gasteiger partial charge in [0.2, 0.25) is 0 Å². The number of hydrogen-bond donors (Lipinski definition) is 1. The minimum atomic E-state index is -0.790. The van der Waals surface area contributed by atoms with Crippen LogP contribution < -0.4 is 0 Å². The molecule has 0 aliphatic rings. The van der Waals surface area contributed by atoms with E-state index in [-0.39, 0.29) is 0 Å². The first kappa shape index (κ1) is 12.3. The third-order valence-corrected chi connectivity index (χ3v) is 3.82. The minimum absolute atomic E-state index is 0.674. The smallest absolute Gasteiger partial charge is 0.0916 e. The molecule has 1 N–H and O–H groups in total. The Balaban J connectivity index is 2.30.